The van der Waals surface area contributed by atoms with Gasteiger partial charge in [0.1, 0.15) is 11.4 Å². The molecule has 2 amide bonds. The van der Waals surface area contributed by atoms with Gasteiger partial charge in [0.05, 0.1) is 0 Å². The lowest BCUT2D eigenvalue weighted by atomic mass is 10.1. The fourth-order valence-electron chi connectivity index (χ4n) is 2.55. The molecule has 0 aliphatic heterocycles. The summed E-state index contributed by atoms with van der Waals surface area (Å²) in [6, 6.07) is 13.3. The van der Waals surface area contributed by atoms with Crippen LogP contribution in [0, 0.1) is 12.7 Å². The maximum atomic E-state index is 12.8. The number of carbonyl (C=O) groups excluding carboxylic acids is 2. The largest absolute Gasteiger partial charge is 0.451 e. The molecule has 0 saturated carbocycles. The first-order valence-electron chi connectivity index (χ1n) is 7.86. The highest BCUT2D eigenvalue weighted by atomic mass is 19.1. The van der Waals surface area contributed by atoms with Crippen LogP contribution in [-0.4, -0.2) is 11.8 Å². The first kappa shape index (κ1) is 16.7. The predicted molar refractivity (Wildman–Crippen MR) is 91.3 cm³/mol. The molecule has 0 atom stereocenters. The van der Waals surface area contributed by atoms with E-state index in [0.717, 1.165) is 10.9 Å². The average molecular weight is 340 g/mol. The topological polar surface area (TPSA) is 71.3 Å². The fraction of sp³-hybridized carbons (Fsp3) is 0.158. The maximum Gasteiger partial charge on any atom is 0.305 e. The van der Waals surface area contributed by atoms with Crippen LogP contribution in [0.1, 0.15) is 28.1 Å². The van der Waals surface area contributed by atoms with Gasteiger partial charge in [-0.15, -0.1) is 0 Å². The van der Waals surface area contributed by atoms with Gasteiger partial charge in [0.25, 0.3) is 0 Å². The van der Waals surface area contributed by atoms with Crippen molar-refractivity contribution in [2.24, 2.45) is 0 Å². The second kappa shape index (κ2) is 7.17. The van der Waals surface area contributed by atoms with E-state index in [0.29, 0.717) is 17.6 Å². The molecule has 3 rings (SSSR count). The number of nitrogens with one attached hydrogen (secondary N) is 2. The van der Waals surface area contributed by atoms with E-state index in [1.807, 2.05) is 18.2 Å². The van der Waals surface area contributed by atoms with Crippen LogP contribution in [0.2, 0.25) is 0 Å². The second-order valence-electron chi connectivity index (χ2n) is 5.68. The van der Waals surface area contributed by atoms with Gasteiger partial charge in [-0.05, 0) is 37.1 Å². The molecule has 0 aliphatic carbocycles. The van der Waals surface area contributed by atoms with Crippen molar-refractivity contribution in [2.45, 2.75) is 19.8 Å². The number of furan rings is 1. The van der Waals surface area contributed by atoms with Gasteiger partial charge in [0, 0.05) is 17.4 Å². The summed E-state index contributed by atoms with van der Waals surface area (Å²) in [5, 5.41) is 0.857. The molecule has 1 aromatic heterocycles. The molecular weight excluding hydrogens is 323 g/mol. The van der Waals surface area contributed by atoms with Crippen LogP contribution in [0.25, 0.3) is 11.0 Å². The number of amides is 2. The van der Waals surface area contributed by atoms with Gasteiger partial charge in [-0.1, -0.05) is 30.3 Å². The zero-order chi connectivity index (χ0) is 17.8. The summed E-state index contributed by atoms with van der Waals surface area (Å²) < 4.78 is 18.4. The molecule has 2 N–H and O–H groups in total. The van der Waals surface area contributed by atoms with Crippen LogP contribution < -0.4 is 10.9 Å². The van der Waals surface area contributed by atoms with E-state index in [9.17, 15) is 14.0 Å². The van der Waals surface area contributed by atoms with E-state index >= 15 is 0 Å². The zero-order valence-electron chi connectivity index (χ0n) is 13.6. The number of para-hydroxylation sites is 1. The van der Waals surface area contributed by atoms with Crippen molar-refractivity contribution in [1.82, 2.24) is 10.9 Å². The smallest absolute Gasteiger partial charge is 0.305 e. The van der Waals surface area contributed by atoms with Crippen LogP contribution in [-0.2, 0) is 11.2 Å². The van der Waals surface area contributed by atoms with Gasteiger partial charge < -0.3 is 4.42 Å². The molecule has 2 aromatic carbocycles. The first-order valence-corrected chi connectivity index (χ1v) is 7.86. The minimum absolute atomic E-state index is 0.167. The minimum atomic E-state index is -0.510. The minimum Gasteiger partial charge on any atom is -0.451 e. The fourth-order valence-corrected chi connectivity index (χ4v) is 2.55. The Morgan fingerprint density at radius 2 is 1.76 bits per heavy atom. The average Bonchev–Trinajstić information content (AvgIpc) is 2.96. The third-order valence-corrected chi connectivity index (χ3v) is 3.92. The zero-order valence-corrected chi connectivity index (χ0v) is 13.6. The number of halogens is 1. The molecule has 3 aromatic rings. The molecule has 128 valence electrons. The monoisotopic (exact) mass is 340 g/mol. The number of hydrogen-bond acceptors (Lipinski definition) is 3. The van der Waals surface area contributed by atoms with Crippen LogP contribution in [0.15, 0.2) is 52.9 Å². The van der Waals surface area contributed by atoms with E-state index < -0.39 is 5.91 Å². The maximum absolute atomic E-state index is 12.8. The van der Waals surface area contributed by atoms with Crippen molar-refractivity contribution in [2.75, 3.05) is 0 Å². The summed E-state index contributed by atoms with van der Waals surface area (Å²) in [6.07, 6.45) is 0.622. The number of carbonyl (C=O) groups is 2. The highest BCUT2D eigenvalue weighted by molar-refractivity contribution is 5.99. The van der Waals surface area contributed by atoms with Gasteiger partial charge in [-0.25, -0.2) is 4.39 Å². The van der Waals surface area contributed by atoms with Crippen molar-refractivity contribution in [3.63, 3.8) is 0 Å². The second-order valence-corrected chi connectivity index (χ2v) is 5.68. The molecule has 0 aliphatic rings. The molecule has 1 heterocycles. The lowest BCUT2D eigenvalue weighted by Gasteiger charge is -2.06. The Morgan fingerprint density at radius 1 is 1.04 bits per heavy atom. The predicted octanol–water partition coefficient (Wildman–Crippen LogP) is 3.27. The Labute approximate surface area is 143 Å². The van der Waals surface area contributed by atoms with Crippen molar-refractivity contribution < 1.29 is 18.4 Å². The Balaban J connectivity index is 1.55. The first-order chi connectivity index (χ1) is 12.0. The lowest BCUT2D eigenvalue weighted by molar-refractivity contribution is -0.121. The molecule has 0 spiro atoms. The number of rotatable bonds is 4. The summed E-state index contributed by atoms with van der Waals surface area (Å²) >= 11 is 0. The highest BCUT2D eigenvalue weighted by Crippen LogP contribution is 2.24. The molecule has 5 nitrogen and oxygen atoms in total. The van der Waals surface area contributed by atoms with Gasteiger partial charge in [0.2, 0.25) is 5.91 Å². The standard InChI is InChI=1S/C19H17FN2O3/c1-12-15-4-2-3-5-16(15)25-18(12)19(24)22-21-17(23)11-8-13-6-9-14(20)10-7-13/h2-7,9-10H,8,11H2,1H3,(H,21,23)(H,22,24). The summed E-state index contributed by atoms with van der Waals surface area (Å²) in [5.74, 6) is -1.00. The van der Waals surface area contributed by atoms with E-state index in [2.05, 4.69) is 10.9 Å². The van der Waals surface area contributed by atoms with Crippen LogP contribution in [0.5, 0.6) is 0 Å². The number of aryl methyl sites for hydroxylation is 2. The molecule has 0 bridgehead atoms. The number of hydrogen-bond donors (Lipinski definition) is 2. The summed E-state index contributed by atoms with van der Waals surface area (Å²) in [4.78, 5) is 24.0. The molecule has 0 radical (unpaired) electrons. The summed E-state index contributed by atoms with van der Waals surface area (Å²) in [7, 11) is 0. The quantitative estimate of drug-likeness (QED) is 0.716. The van der Waals surface area contributed by atoms with E-state index in [1.54, 1.807) is 25.1 Å². The number of benzene rings is 2. The van der Waals surface area contributed by atoms with Crippen LogP contribution in [0.3, 0.4) is 0 Å². The summed E-state index contributed by atoms with van der Waals surface area (Å²) in [5.41, 5.74) is 6.89. The SMILES string of the molecule is Cc1c(C(=O)NNC(=O)CCc2ccc(F)cc2)oc2ccccc12. The number of fused-ring (bicyclic) bond motifs is 1. The summed E-state index contributed by atoms with van der Waals surface area (Å²) in [6.45, 7) is 1.79. The normalized spacial score (nSPS) is 10.6. The van der Waals surface area contributed by atoms with Gasteiger partial charge in [-0.2, -0.15) is 0 Å². The molecule has 0 fully saturated rings. The Hall–Kier alpha value is -3.15. The van der Waals surface area contributed by atoms with Gasteiger partial charge >= 0.3 is 5.91 Å². The third-order valence-electron chi connectivity index (χ3n) is 3.92. The molecule has 25 heavy (non-hydrogen) atoms. The Bertz CT molecular complexity index is 916. The van der Waals surface area contributed by atoms with Gasteiger partial charge in [-0.3, -0.25) is 20.4 Å². The van der Waals surface area contributed by atoms with E-state index in [1.165, 1.54) is 12.1 Å². The lowest BCUT2D eigenvalue weighted by Crippen LogP contribution is -2.41. The Kier molecular flexibility index (Phi) is 4.79. The number of hydrazine groups is 1. The van der Waals surface area contributed by atoms with E-state index in [4.69, 9.17) is 4.42 Å². The molecule has 0 unspecified atom stereocenters. The van der Waals surface area contributed by atoms with Crippen molar-refractivity contribution >= 4 is 22.8 Å². The Morgan fingerprint density at radius 3 is 2.48 bits per heavy atom. The highest BCUT2D eigenvalue weighted by Gasteiger charge is 2.17. The van der Waals surface area contributed by atoms with Crippen molar-refractivity contribution in [3.05, 3.63) is 71.2 Å². The third kappa shape index (κ3) is 3.85. The van der Waals surface area contributed by atoms with Crippen molar-refractivity contribution in [3.8, 4) is 0 Å². The van der Waals surface area contributed by atoms with Crippen LogP contribution in [0.4, 0.5) is 4.39 Å². The molecular formula is C19H17FN2O3. The molecule has 0 saturated heterocycles. The molecule has 6 heteroatoms. The van der Waals surface area contributed by atoms with Crippen molar-refractivity contribution in [1.29, 1.82) is 0 Å². The van der Waals surface area contributed by atoms with Gasteiger partial charge in [0.15, 0.2) is 5.76 Å². The van der Waals surface area contributed by atoms with E-state index in [-0.39, 0.29) is 23.9 Å². The van der Waals surface area contributed by atoms with Crippen LogP contribution >= 0.6 is 0 Å².